The molecule has 0 fully saturated rings. The van der Waals surface area contributed by atoms with Crippen LogP contribution in [0.2, 0.25) is 0 Å². The lowest BCUT2D eigenvalue weighted by Crippen LogP contribution is -1.72. The van der Waals surface area contributed by atoms with E-state index in [-0.39, 0.29) is 0 Å². The van der Waals surface area contributed by atoms with Crippen molar-refractivity contribution in [2.24, 2.45) is 0 Å². The lowest BCUT2D eigenvalue weighted by molar-refractivity contribution is 0.00819. The molecule has 0 aromatic heterocycles. The third kappa shape index (κ3) is 6.20. The van der Waals surface area contributed by atoms with Crippen molar-refractivity contribution in [3.05, 3.63) is 54.6 Å². The minimum atomic E-state index is -3.67. The molecule has 0 unspecified atom stereocenters. The van der Waals surface area contributed by atoms with Gasteiger partial charge in [-0.1, -0.05) is 30.0 Å². The number of phenolic OH excluding ortho intramolecular Hbond substituents is 1. The highest BCUT2D eigenvalue weighted by Gasteiger charge is 1.95. The summed E-state index contributed by atoms with van der Waals surface area (Å²) in [6, 6.07) is 17.4. The van der Waals surface area contributed by atoms with Crippen LogP contribution in [-0.2, 0) is 0 Å². The van der Waals surface area contributed by atoms with Crippen LogP contribution in [0.4, 0.5) is 13.2 Å². The van der Waals surface area contributed by atoms with Gasteiger partial charge in [-0.2, -0.15) is 13.2 Å². The number of hydrogen-bond acceptors (Lipinski definition) is 2. The summed E-state index contributed by atoms with van der Waals surface area (Å²) >= 11 is 1.69. The molecule has 0 amide bonds. The van der Waals surface area contributed by atoms with E-state index in [9.17, 15) is 13.2 Å². The Morgan fingerprint density at radius 3 is 1.72 bits per heavy atom. The Bertz CT molecular complexity index is 443. The molecular formula is C13H11F3OS. The standard InChI is InChI=1S/C12H10OS.CHF3/c13-10-6-8-12(9-7-10)14-11-4-2-1-3-5-11;2-1(3)4/h1-9,13H;1H. The molecule has 0 aliphatic heterocycles. The highest BCUT2D eigenvalue weighted by molar-refractivity contribution is 7.99. The second-order valence-electron chi connectivity index (χ2n) is 3.16. The van der Waals surface area contributed by atoms with Crippen molar-refractivity contribution in [1.29, 1.82) is 0 Å². The second kappa shape index (κ2) is 7.66. The maximum absolute atomic E-state index is 9.67. The molecule has 2 aromatic carbocycles. The monoisotopic (exact) mass is 272 g/mol. The van der Waals surface area contributed by atoms with Crippen LogP contribution < -0.4 is 0 Å². The Morgan fingerprint density at radius 1 is 0.778 bits per heavy atom. The minimum Gasteiger partial charge on any atom is -0.508 e. The number of benzene rings is 2. The van der Waals surface area contributed by atoms with E-state index in [1.807, 2.05) is 30.3 Å². The van der Waals surface area contributed by atoms with Gasteiger partial charge >= 0.3 is 6.68 Å². The zero-order chi connectivity index (χ0) is 13.4. The van der Waals surface area contributed by atoms with E-state index in [4.69, 9.17) is 5.11 Å². The van der Waals surface area contributed by atoms with Gasteiger partial charge in [0.15, 0.2) is 0 Å². The van der Waals surface area contributed by atoms with E-state index in [0.717, 1.165) is 4.90 Å². The van der Waals surface area contributed by atoms with E-state index in [0.29, 0.717) is 5.75 Å². The SMILES string of the molecule is FC(F)F.Oc1ccc(Sc2ccccc2)cc1. The van der Waals surface area contributed by atoms with Gasteiger partial charge in [-0.05, 0) is 36.4 Å². The van der Waals surface area contributed by atoms with Gasteiger partial charge < -0.3 is 5.11 Å². The summed E-state index contributed by atoms with van der Waals surface area (Å²) in [6.45, 7) is -3.67. The van der Waals surface area contributed by atoms with Crippen molar-refractivity contribution in [1.82, 2.24) is 0 Å². The third-order valence-corrected chi connectivity index (χ3v) is 2.83. The molecule has 0 heterocycles. The molecule has 5 heteroatoms. The van der Waals surface area contributed by atoms with E-state index in [1.54, 1.807) is 23.9 Å². The van der Waals surface area contributed by atoms with E-state index >= 15 is 0 Å². The van der Waals surface area contributed by atoms with Gasteiger partial charge in [-0.3, -0.25) is 0 Å². The van der Waals surface area contributed by atoms with Gasteiger partial charge in [0.05, 0.1) is 0 Å². The van der Waals surface area contributed by atoms with Gasteiger partial charge in [0.2, 0.25) is 0 Å². The van der Waals surface area contributed by atoms with Crippen molar-refractivity contribution < 1.29 is 18.3 Å². The highest BCUT2D eigenvalue weighted by Crippen LogP contribution is 2.28. The van der Waals surface area contributed by atoms with Crippen molar-refractivity contribution >= 4 is 11.8 Å². The number of rotatable bonds is 2. The topological polar surface area (TPSA) is 20.2 Å². The Labute approximate surface area is 107 Å². The van der Waals surface area contributed by atoms with Crippen molar-refractivity contribution in [2.75, 3.05) is 0 Å². The summed E-state index contributed by atoms with van der Waals surface area (Å²) < 4.78 is 29.0. The zero-order valence-corrected chi connectivity index (χ0v) is 10.1. The average Bonchev–Trinajstić information content (AvgIpc) is 2.33. The number of alkyl halides is 3. The molecule has 1 N–H and O–H groups in total. The average molecular weight is 272 g/mol. The molecule has 96 valence electrons. The maximum atomic E-state index is 9.67. The summed E-state index contributed by atoms with van der Waals surface area (Å²) in [4.78, 5) is 2.34. The molecule has 0 saturated carbocycles. The first-order valence-electron chi connectivity index (χ1n) is 5.02. The largest absolute Gasteiger partial charge is 0.508 e. The number of phenols is 1. The quantitative estimate of drug-likeness (QED) is 0.853. The van der Waals surface area contributed by atoms with Crippen LogP contribution >= 0.6 is 11.8 Å². The van der Waals surface area contributed by atoms with Gasteiger partial charge in [0, 0.05) is 9.79 Å². The van der Waals surface area contributed by atoms with Crippen LogP contribution in [-0.4, -0.2) is 11.8 Å². The summed E-state index contributed by atoms with van der Waals surface area (Å²) in [5.41, 5.74) is 0. The molecule has 1 nitrogen and oxygen atoms in total. The molecule has 0 bridgehead atoms. The summed E-state index contributed by atoms with van der Waals surface area (Å²) in [5.74, 6) is 0.308. The fourth-order valence-electron chi connectivity index (χ4n) is 1.14. The Morgan fingerprint density at radius 2 is 1.22 bits per heavy atom. The molecule has 2 rings (SSSR count). The normalized spacial score (nSPS) is 9.78. The fraction of sp³-hybridized carbons (Fsp3) is 0.0769. The summed E-state index contributed by atoms with van der Waals surface area (Å²) in [5, 5.41) is 9.11. The first kappa shape index (κ1) is 14.4. The van der Waals surface area contributed by atoms with Gasteiger partial charge in [-0.25, -0.2) is 0 Å². The molecule has 0 atom stereocenters. The molecule has 0 radical (unpaired) electrons. The summed E-state index contributed by atoms with van der Waals surface area (Å²) in [7, 11) is 0. The Kier molecular flexibility index (Phi) is 6.14. The Balaban J connectivity index is 0.000000357. The lowest BCUT2D eigenvalue weighted by atomic mass is 10.3. The van der Waals surface area contributed by atoms with Gasteiger partial charge in [0.25, 0.3) is 0 Å². The van der Waals surface area contributed by atoms with Crippen LogP contribution in [0.3, 0.4) is 0 Å². The zero-order valence-electron chi connectivity index (χ0n) is 9.26. The maximum Gasteiger partial charge on any atom is 0.379 e. The predicted molar refractivity (Wildman–Crippen MR) is 65.8 cm³/mol. The molecule has 0 aliphatic rings. The Hall–Kier alpha value is -1.62. The van der Waals surface area contributed by atoms with Crippen molar-refractivity contribution in [3.63, 3.8) is 0 Å². The second-order valence-corrected chi connectivity index (χ2v) is 4.30. The smallest absolute Gasteiger partial charge is 0.379 e. The van der Waals surface area contributed by atoms with Gasteiger partial charge in [0.1, 0.15) is 5.75 Å². The van der Waals surface area contributed by atoms with Crippen LogP contribution in [0.25, 0.3) is 0 Å². The molecule has 2 aromatic rings. The van der Waals surface area contributed by atoms with Crippen molar-refractivity contribution in [3.8, 4) is 5.75 Å². The van der Waals surface area contributed by atoms with Crippen molar-refractivity contribution in [2.45, 2.75) is 16.5 Å². The number of aromatic hydroxyl groups is 1. The van der Waals surface area contributed by atoms with E-state index in [2.05, 4.69) is 12.1 Å². The van der Waals surface area contributed by atoms with Crippen LogP contribution in [0.1, 0.15) is 0 Å². The highest BCUT2D eigenvalue weighted by atomic mass is 32.2. The lowest BCUT2D eigenvalue weighted by Gasteiger charge is -2.00. The van der Waals surface area contributed by atoms with E-state index in [1.165, 1.54) is 4.90 Å². The molecule has 0 spiro atoms. The number of hydrogen-bond donors (Lipinski definition) is 1. The fourth-order valence-corrected chi connectivity index (χ4v) is 1.98. The van der Waals surface area contributed by atoms with Crippen LogP contribution in [0.15, 0.2) is 64.4 Å². The molecule has 0 aliphatic carbocycles. The number of halogens is 3. The minimum absolute atomic E-state index is 0.308. The first-order valence-corrected chi connectivity index (χ1v) is 5.84. The molecule has 18 heavy (non-hydrogen) atoms. The molecule has 0 saturated heterocycles. The third-order valence-electron chi connectivity index (χ3n) is 1.82. The van der Waals surface area contributed by atoms with E-state index < -0.39 is 6.68 Å². The molecular weight excluding hydrogens is 261 g/mol. The van der Waals surface area contributed by atoms with Gasteiger partial charge in [-0.15, -0.1) is 0 Å². The van der Waals surface area contributed by atoms with Crippen LogP contribution in [0, 0.1) is 0 Å². The summed E-state index contributed by atoms with van der Waals surface area (Å²) in [6.07, 6.45) is 0. The van der Waals surface area contributed by atoms with Crippen LogP contribution in [0.5, 0.6) is 5.75 Å². The predicted octanol–water partition coefficient (Wildman–Crippen LogP) is 4.72. The first-order chi connectivity index (χ1) is 8.58.